The fourth-order valence-electron chi connectivity index (χ4n) is 2.70. The summed E-state index contributed by atoms with van der Waals surface area (Å²) in [6.45, 7) is 4.12. The number of likely N-dealkylation sites (N-methyl/N-ethyl adjacent to an activating group) is 1. The van der Waals surface area contributed by atoms with E-state index in [9.17, 15) is 14.9 Å². The number of ether oxygens (including phenoxy) is 1. The number of nitro groups is 1. The number of methoxy groups -OCH3 is 1. The van der Waals surface area contributed by atoms with E-state index < -0.39 is 4.92 Å². The number of nitro benzene ring substituents is 1. The first kappa shape index (κ1) is 20.7. The molecule has 0 saturated carbocycles. The SMILES string of the molecule is COc1ccc(Cl)cc1CN(C)CC(=O)Nc1cc(C)c(C)cc1[N+](=O)[O-]. The molecule has 0 saturated heterocycles. The van der Waals surface area contributed by atoms with Gasteiger partial charge in [0, 0.05) is 23.2 Å². The van der Waals surface area contributed by atoms with Crippen molar-refractivity contribution in [2.45, 2.75) is 20.4 Å². The lowest BCUT2D eigenvalue weighted by Crippen LogP contribution is -2.30. The molecule has 2 aromatic carbocycles. The molecule has 0 aliphatic carbocycles. The molecule has 144 valence electrons. The number of nitrogens with zero attached hydrogens (tertiary/aromatic N) is 2. The predicted octanol–water partition coefficient (Wildman–Crippen LogP) is 3.94. The van der Waals surface area contributed by atoms with E-state index in [-0.39, 0.29) is 23.8 Å². The first-order valence-electron chi connectivity index (χ1n) is 8.27. The van der Waals surface area contributed by atoms with Crippen LogP contribution in [-0.2, 0) is 11.3 Å². The number of aryl methyl sites for hydroxylation is 2. The highest BCUT2D eigenvalue weighted by Gasteiger charge is 2.18. The number of anilines is 1. The van der Waals surface area contributed by atoms with Crippen LogP contribution in [0, 0.1) is 24.0 Å². The third kappa shape index (κ3) is 5.42. The first-order valence-corrected chi connectivity index (χ1v) is 8.65. The fourth-order valence-corrected chi connectivity index (χ4v) is 2.90. The van der Waals surface area contributed by atoms with Crippen LogP contribution in [-0.4, -0.2) is 36.4 Å². The molecule has 0 fully saturated rings. The lowest BCUT2D eigenvalue weighted by Gasteiger charge is -2.18. The van der Waals surface area contributed by atoms with Gasteiger partial charge in [-0.2, -0.15) is 0 Å². The second-order valence-corrected chi connectivity index (χ2v) is 6.82. The maximum atomic E-state index is 12.4. The van der Waals surface area contributed by atoms with Crippen LogP contribution in [0.15, 0.2) is 30.3 Å². The summed E-state index contributed by atoms with van der Waals surface area (Å²) in [5.41, 5.74) is 2.59. The number of hydrogen-bond donors (Lipinski definition) is 1. The number of carbonyl (C=O) groups is 1. The molecule has 0 heterocycles. The molecule has 1 amide bonds. The number of benzene rings is 2. The Morgan fingerprint density at radius 1 is 1.26 bits per heavy atom. The van der Waals surface area contributed by atoms with Crippen molar-refractivity contribution in [3.63, 3.8) is 0 Å². The normalized spacial score (nSPS) is 10.7. The second kappa shape index (κ2) is 8.83. The van der Waals surface area contributed by atoms with Crippen molar-refractivity contribution >= 4 is 28.9 Å². The number of halogens is 1. The molecule has 2 aromatic rings. The van der Waals surface area contributed by atoms with E-state index in [0.29, 0.717) is 17.3 Å². The van der Waals surface area contributed by atoms with Gasteiger partial charge >= 0.3 is 0 Å². The van der Waals surface area contributed by atoms with Crippen LogP contribution in [0.4, 0.5) is 11.4 Å². The Morgan fingerprint density at radius 2 is 1.93 bits per heavy atom. The van der Waals surface area contributed by atoms with Crippen LogP contribution < -0.4 is 10.1 Å². The van der Waals surface area contributed by atoms with Crippen molar-refractivity contribution in [2.24, 2.45) is 0 Å². The van der Waals surface area contributed by atoms with Crippen LogP contribution in [0.25, 0.3) is 0 Å². The van der Waals surface area contributed by atoms with Crippen molar-refractivity contribution in [3.05, 3.63) is 62.2 Å². The van der Waals surface area contributed by atoms with Gasteiger partial charge in [0.1, 0.15) is 11.4 Å². The standard InChI is InChI=1S/C19H22ClN3O4/c1-12-7-16(17(23(25)26)8-13(12)2)21-19(24)11-22(3)10-14-9-15(20)5-6-18(14)27-4/h5-9H,10-11H2,1-4H3,(H,21,24). The van der Waals surface area contributed by atoms with E-state index in [2.05, 4.69) is 5.32 Å². The Hall–Kier alpha value is -2.64. The zero-order valence-corrected chi connectivity index (χ0v) is 16.5. The van der Waals surface area contributed by atoms with Crippen LogP contribution in [0.2, 0.25) is 5.02 Å². The van der Waals surface area contributed by atoms with Gasteiger partial charge in [-0.15, -0.1) is 0 Å². The largest absolute Gasteiger partial charge is 0.496 e. The lowest BCUT2D eigenvalue weighted by molar-refractivity contribution is -0.384. The minimum Gasteiger partial charge on any atom is -0.496 e. The molecule has 7 nitrogen and oxygen atoms in total. The third-order valence-corrected chi connectivity index (χ3v) is 4.41. The molecule has 0 atom stereocenters. The summed E-state index contributed by atoms with van der Waals surface area (Å²) in [7, 11) is 3.34. The minimum absolute atomic E-state index is 0.0553. The summed E-state index contributed by atoms with van der Waals surface area (Å²) in [5.74, 6) is 0.335. The monoisotopic (exact) mass is 391 g/mol. The number of carbonyl (C=O) groups excluding carboxylic acids is 1. The summed E-state index contributed by atoms with van der Waals surface area (Å²) in [5, 5.41) is 14.5. The molecule has 0 bridgehead atoms. The zero-order valence-electron chi connectivity index (χ0n) is 15.7. The van der Waals surface area contributed by atoms with Crippen molar-refractivity contribution < 1.29 is 14.5 Å². The smallest absolute Gasteiger partial charge is 0.293 e. The maximum Gasteiger partial charge on any atom is 0.293 e. The average molecular weight is 392 g/mol. The van der Waals surface area contributed by atoms with E-state index in [0.717, 1.165) is 16.7 Å². The van der Waals surface area contributed by atoms with E-state index in [1.165, 1.54) is 6.07 Å². The molecule has 2 rings (SSSR count). The first-order chi connectivity index (χ1) is 12.7. The van der Waals surface area contributed by atoms with Crippen molar-refractivity contribution in [3.8, 4) is 5.75 Å². The van der Waals surface area contributed by atoms with Crippen LogP contribution in [0.5, 0.6) is 5.75 Å². The fraction of sp³-hybridized carbons (Fsp3) is 0.316. The molecule has 0 aliphatic rings. The van der Waals surface area contributed by atoms with Gasteiger partial charge in [-0.05, 0) is 56.3 Å². The van der Waals surface area contributed by atoms with E-state index in [1.807, 2.05) is 6.92 Å². The molecular formula is C19H22ClN3O4. The van der Waals surface area contributed by atoms with Crippen LogP contribution in [0.1, 0.15) is 16.7 Å². The van der Waals surface area contributed by atoms with Gasteiger partial charge in [-0.1, -0.05) is 11.6 Å². The number of hydrogen-bond acceptors (Lipinski definition) is 5. The Balaban J connectivity index is 2.09. The summed E-state index contributed by atoms with van der Waals surface area (Å²) < 4.78 is 5.31. The van der Waals surface area contributed by atoms with Crippen molar-refractivity contribution in [2.75, 3.05) is 26.0 Å². The van der Waals surface area contributed by atoms with Gasteiger partial charge in [-0.3, -0.25) is 19.8 Å². The highest BCUT2D eigenvalue weighted by molar-refractivity contribution is 6.30. The zero-order chi connectivity index (χ0) is 20.1. The Labute approximate surface area is 163 Å². The summed E-state index contributed by atoms with van der Waals surface area (Å²) in [6, 6.07) is 8.36. The van der Waals surface area contributed by atoms with Crippen molar-refractivity contribution in [1.29, 1.82) is 0 Å². The van der Waals surface area contributed by atoms with Gasteiger partial charge in [0.25, 0.3) is 5.69 Å². The predicted molar refractivity (Wildman–Crippen MR) is 106 cm³/mol. The second-order valence-electron chi connectivity index (χ2n) is 6.39. The summed E-state index contributed by atoms with van der Waals surface area (Å²) in [6.07, 6.45) is 0. The summed E-state index contributed by atoms with van der Waals surface area (Å²) in [4.78, 5) is 24.9. The lowest BCUT2D eigenvalue weighted by atomic mass is 10.1. The molecule has 8 heteroatoms. The number of amides is 1. The van der Waals surface area contributed by atoms with Crippen LogP contribution in [0.3, 0.4) is 0 Å². The summed E-state index contributed by atoms with van der Waals surface area (Å²) >= 11 is 6.03. The third-order valence-electron chi connectivity index (χ3n) is 4.18. The Morgan fingerprint density at radius 3 is 2.56 bits per heavy atom. The molecule has 1 N–H and O–H groups in total. The minimum atomic E-state index is -0.497. The highest BCUT2D eigenvalue weighted by atomic mass is 35.5. The van der Waals surface area contributed by atoms with Crippen LogP contribution >= 0.6 is 11.6 Å². The van der Waals surface area contributed by atoms with E-state index in [1.54, 1.807) is 50.2 Å². The van der Waals surface area contributed by atoms with Crippen molar-refractivity contribution in [1.82, 2.24) is 4.90 Å². The number of nitrogens with one attached hydrogen (secondary N) is 1. The quantitative estimate of drug-likeness (QED) is 0.570. The van der Waals surface area contributed by atoms with Gasteiger partial charge < -0.3 is 10.1 Å². The van der Waals surface area contributed by atoms with Gasteiger partial charge in [0.05, 0.1) is 18.6 Å². The van der Waals surface area contributed by atoms with E-state index >= 15 is 0 Å². The average Bonchev–Trinajstić information content (AvgIpc) is 2.57. The molecule has 0 spiro atoms. The molecule has 0 aliphatic heterocycles. The van der Waals surface area contributed by atoms with Gasteiger partial charge in [0.15, 0.2) is 0 Å². The Kier molecular flexibility index (Phi) is 6.76. The molecule has 27 heavy (non-hydrogen) atoms. The highest BCUT2D eigenvalue weighted by Crippen LogP contribution is 2.28. The molecule has 0 radical (unpaired) electrons. The topological polar surface area (TPSA) is 84.7 Å². The number of rotatable bonds is 7. The molecule has 0 unspecified atom stereocenters. The van der Waals surface area contributed by atoms with E-state index in [4.69, 9.17) is 16.3 Å². The molecule has 0 aromatic heterocycles. The molecular weight excluding hydrogens is 370 g/mol. The van der Waals surface area contributed by atoms with Gasteiger partial charge in [-0.25, -0.2) is 0 Å². The maximum absolute atomic E-state index is 12.4. The van der Waals surface area contributed by atoms with Gasteiger partial charge in [0.2, 0.25) is 5.91 Å². The Bertz CT molecular complexity index is 870.